The molecule has 0 aromatic heterocycles. The van der Waals surface area contributed by atoms with Gasteiger partial charge >= 0.3 is 0 Å². The molecule has 1 N–H and O–H groups in total. The van der Waals surface area contributed by atoms with E-state index in [0.717, 1.165) is 25.0 Å². The molecule has 23 heavy (non-hydrogen) atoms. The van der Waals surface area contributed by atoms with Crippen LogP contribution in [0.15, 0.2) is 54.6 Å². The van der Waals surface area contributed by atoms with Crippen LogP contribution in [-0.4, -0.2) is 12.8 Å². The van der Waals surface area contributed by atoms with Gasteiger partial charge in [-0.05, 0) is 56.5 Å². The molecule has 2 aromatic rings. The molecule has 2 aromatic carbocycles. The fraction of sp³-hybridized carbons (Fsp3) is 0.400. The number of hydrogen-bond acceptors (Lipinski definition) is 2. The number of ether oxygens (including phenoxy) is 1. The number of aryl methyl sites for hydroxylation is 1. The molecule has 1 aliphatic carbocycles. The first-order valence-corrected chi connectivity index (χ1v) is 8.77. The van der Waals surface area contributed by atoms with Crippen LogP contribution in [0.25, 0.3) is 0 Å². The minimum Gasteiger partial charge on any atom is -0.472 e. The van der Waals surface area contributed by atoms with Crippen molar-refractivity contribution in [3.63, 3.8) is 0 Å². The lowest BCUT2D eigenvalue weighted by Crippen LogP contribution is -2.50. The maximum Gasteiger partial charge on any atom is 0.163 e. The van der Waals surface area contributed by atoms with Crippen LogP contribution in [0.1, 0.15) is 31.2 Å². The van der Waals surface area contributed by atoms with E-state index in [1.54, 1.807) is 0 Å². The van der Waals surface area contributed by atoms with Crippen molar-refractivity contribution in [1.29, 1.82) is 0 Å². The van der Waals surface area contributed by atoms with E-state index < -0.39 is 0 Å². The van der Waals surface area contributed by atoms with Crippen LogP contribution in [0.4, 0.5) is 0 Å². The van der Waals surface area contributed by atoms with Gasteiger partial charge in [-0.3, -0.25) is 5.32 Å². The topological polar surface area (TPSA) is 21.3 Å². The van der Waals surface area contributed by atoms with Crippen LogP contribution >= 0.6 is 11.6 Å². The SMILES string of the molecule is CNC(CCCc1ccccc1)(Oc1cccc(Cl)c1)C1CC1. The second kappa shape index (κ2) is 7.37. The summed E-state index contributed by atoms with van der Waals surface area (Å²) < 4.78 is 6.40. The van der Waals surface area contributed by atoms with E-state index in [-0.39, 0.29) is 5.72 Å². The first kappa shape index (κ1) is 16.4. The molecule has 0 heterocycles. The van der Waals surface area contributed by atoms with E-state index >= 15 is 0 Å². The van der Waals surface area contributed by atoms with Crippen LogP contribution in [-0.2, 0) is 6.42 Å². The molecule has 1 atom stereocenters. The van der Waals surface area contributed by atoms with Crippen LogP contribution in [0.2, 0.25) is 5.02 Å². The molecular formula is C20H24ClNO. The van der Waals surface area contributed by atoms with Gasteiger partial charge in [0.05, 0.1) is 0 Å². The summed E-state index contributed by atoms with van der Waals surface area (Å²) in [6.45, 7) is 0. The predicted octanol–water partition coefficient (Wildman–Crippen LogP) is 5.07. The summed E-state index contributed by atoms with van der Waals surface area (Å²) in [7, 11) is 2.01. The van der Waals surface area contributed by atoms with Crippen molar-refractivity contribution in [1.82, 2.24) is 5.32 Å². The molecule has 0 amide bonds. The van der Waals surface area contributed by atoms with Gasteiger partial charge in [-0.2, -0.15) is 0 Å². The molecule has 0 aliphatic heterocycles. The number of nitrogens with one attached hydrogen (secondary N) is 1. The van der Waals surface area contributed by atoms with Crippen molar-refractivity contribution in [2.75, 3.05) is 7.05 Å². The Kier molecular flexibility index (Phi) is 5.24. The predicted molar refractivity (Wildman–Crippen MR) is 96.0 cm³/mol. The van der Waals surface area contributed by atoms with E-state index in [1.807, 2.05) is 31.3 Å². The molecule has 1 fully saturated rings. The molecule has 1 unspecified atom stereocenters. The summed E-state index contributed by atoms with van der Waals surface area (Å²) in [6.07, 6.45) is 5.63. The van der Waals surface area contributed by atoms with Crippen LogP contribution in [0.5, 0.6) is 5.75 Å². The Balaban J connectivity index is 1.67. The second-order valence-electron chi connectivity index (χ2n) is 6.31. The maximum absolute atomic E-state index is 6.40. The first-order valence-electron chi connectivity index (χ1n) is 8.39. The summed E-state index contributed by atoms with van der Waals surface area (Å²) >= 11 is 6.10. The fourth-order valence-electron chi connectivity index (χ4n) is 3.21. The standard InChI is InChI=1S/C20H24ClNO/c1-22-20(17-12-13-17,23-19-11-5-10-18(21)15-19)14-6-9-16-7-3-2-4-8-16/h2-5,7-8,10-11,15,17,22H,6,9,12-14H2,1H3. The van der Waals surface area contributed by atoms with E-state index in [4.69, 9.17) is 16.3 Å². The molecule has 3 heteroatoms. The van der Waals surface area contributed by atoms with Crippen molar-refractivity contribution in [3.05, 3.63) is 65.2 Å². The van der Waals surface area contributed by atoms with E-state index in [0.29, 0.717) is 10.9 Å². The van der Waals surface area contributed by atoms with E-state index in [1.165, 1.54) is 18.4 Å². The van der Waals surface area contributed by atoms with Gasteiger partial charge < -0.3 is 4.74 Å². The fourth-order valence-corrected chi connectivity index (χ4v) is 3.39. The van der Waals surface area contributed by atoms with Crippen molar-refractivity contribution in [3.8, 4) is 5.75 Å². The Labute approximate surface area is 143 Å². The largest absolute Gasteiger partial charge is 0.472 e. The van der Waals surface area contributed by atoms with Crippen LogP contribution in [0.3, 0.4) is 0 Å². The number of benzene rings is 2. The minimum atomic E-state index is -0.278. The molecule has 3 rings (SSSR count). The number of hydrogen-bond donors (Lipinski definition) is 1. The molecule has 0 saturated heterocycles. The zero-order chi connectivity index (χ0) is 16.1. The molecule has 0 radical (unpaired) electrons. The zero-order valence-electron chi connectivity index (χ0n) is 13.6. The van der Waals surface area contributed by atoms with Crippen molar-refractivity contribution >= 4 is 11.6 Å². The first-order chi connectivity index (χ1) is 11.2. The monoisotopic (exact) mass is 329 g/mol. The molecular weight excluding hydrogens is 306 g/mol. The Bertz CT molecular complexity index is 627. The average molecular weight is 330 g/mol. The maximum atomic E-state index is 6.40. The molecule has 122 valence electrons. The average Bonchev–Trinajstić information content (AvgIpc) is 3.40. The van der Waals surface area contributed by atoms with Gasteiger partial charge in [0.1, 0.15) is 5.75 Å². The third-order valence-corrected chi connectivity index (χ3v) is 4.85. The van der Waals surface area contributed by atoms with Gasteiger partial charge in [-0.15, -0.1) is 0 Å². The summed E-state index contributed by atoms with van der Waals surface area (Å²) in [5.41, 5.74) is 1.11. The quantitative estimate of drug-likeness (QED) is 0.683. The Morgan fingerprint density at radius 2 is 1.91 bits per heavy atom. The van der Waals surface area contributed by atoms with Gasteiger partial charge in [0.25, 0.3) is 0 Å². The number of halogens is 1. The Morgan fingerprint density at radius 3 is 2.57 bits per heavy atom. The highest BCUT2D eigenvalue weighted by molar-refractivity contribution is 6.30. The molecule has 0 bridgehead atoms. The molecule has 1 aliphatic rings. The van der Waals surface area contributed by atoms with Gasteiger partial charge in [0, 0.05) is 17.4 Å². The summed E-state index contributed by atoms with van der Waals surface area (Å²) in [4.78, 5) is 0. The lowest BCUT2D eigenvalue weighted by atomic mass is 9.98. The summed E-state index contributed by atoms with van der Waals surface area (Å²) in [5.74, 6) is 1.43. The highest BCUT2D eigenvalue weighted by Gasteiger charge is 2.46. The van der Waals surface area contributed by atoms with Gasteiger partial charge in [-0.25, -0.2) is 0 Å². The van der Waals surface area contributed by atoms with Crippen molar-refractivity contribution in [2.24, 2.45) is 5.92 Å². The molecule has 0 spiro atoms. The lowest BCUT2D eigenvalue weighted by Gasteiger charge is -2.35. The van der Waals surface area contributed by atoms with Gasteiger partial charge in [0.15, 0.2) is 5.72 Å². The third-order valence-electron chi connectivity index (χ3n) is 4.61. The van der Waals surface area contributed by atoms with Crippen molar-refractivity contribution < 1.29 is 4.74 Å². The second-order valence-corrected chi connectivity index (χ2v) is 6.75. The van der Waals surface area contributed by atoms with Crippen LogP contribution < -0.4 is 10.1 Å². The van der Waals surface area contributed by atoms with Gasteiger partial charge in [-0.1, -0.05) is 48.0 Å². The normalized spacial score (nSPS) is 16.8. The van der Waals surface area contributed by atoms with E-state index in [9.17, 15) is 0 Å². The van der Waals surface area contributed by atoms with E-state index in [2.05, 4.69) is 35.6 Å². The molecule has 1 saturated carbocycles. The highest BCUT2D eigenvalue weighted by atomic mass is 35.5. The Hall–Kier alpha value is -1.51. The smallest absolute Gasteiger partial charge is 0.163 e. The van der Waals surface area contributed by atoms with Crippen molar-refractivity contribution in [2.45, 2.75) is 37.8 Å². The minimum absolute atomic E-state index is 0.278. The highest BCUT2D eigenvalue weighted by Crippen LogP contribution is 2.43. The van der Waals surface area contributed by atoms with Gasteiger partial charge in [0.2, 0.25) is 0 Å². The third kappa shape index (κ3) is 4.27. The van der Waals surface area contributed by atoms with Crippen LogP contribution in [0, 0.1) is 5.92 Å². The summed E-state index contributed by atoms with van der Waals surface area (Å²) in [5, 5.41) is 4.18. The summed E-state index contributed by atoms with van der Waals surface area (Å²) in [6, 6.07) is 18.3. The number of rotatable bonds is 8. The zero-order valence-corrected chi connectivity index (χ0v) is 14.4. The Morgan fingerprint density at radius 1 is 1.13 bits per heavy atom. The lowest BCUT2D eigenvalue weighted by molar-refractivity contribution is 0.00755. The molecule has 2 nitrogen and oxygen atoms in total.